The molecule has 0 unspecified atom stereocenters. The molecule has 0 spiro atoms. The van der Waals surface area contributed by atoms with Crippen LogP contribution in [0.1, 0.15) is 102 Å². The molecule has 0 amide bonds. The second-order valence-electron chi connectivity index (χ2n) is 7.46. The number of hydrogen-bond acceptors (Lipinski definition) is 4. The molecular formula is C23H30Br2O2S2. The molecular weight excluding hydrogens is 532 g/mol. The first-order valence-corrected chi connectivity index (χ1v) is 13.8. The van der Waals surface area contributed by atoms with Crippen LogP contribution in [0.5, 0.6) is 0 Å². The number of Topliss-reactive ketones (excluding diaryl/α,β-unsaturated/α-hetero) is 2. The zero-order chi connectivity index (χ0) is 21.2. The van der Waals surface area contributed by atoms with Crippen LogP contribution in [0.2, 0.25) is 0 Å². The summed E-state index contributed by atoms with van der Waals surface area (Å²) in [6.45, 7) is 4.41. The number of carbonyl (C=O) groups excluding carboxylic acids is 2. The lowest BCUT2D eigenvalue weighted by Crippen LogP contribution is -2.06. The summed E-state index contributed by atoms with van der Waals surface area (Å²) in [5.41, 5.74) is 2.38. The van der Waals surface area contributed by atoms with Crippen molar-refractivity contribution in [2.45, 2.75) is 84.5 Å². The molecule has 2 aromatic heterocycles. The van der Waals surface area contributed by atoms with Crippen molar-refractivity contribution in [2.24, 2.45) is 0 Å². The highest BCUT2D eigenvalue weighted by molar-refractivity contribution is 9.11. The molecule has 160 valence electrons. The van der Waals surface area contributed by atoms with Crippen LogP contribution in [-0.4, -0.2) is 11.6 Å². The number of halogens is 2. The Kier molecular flexibility index (Phi) is 11.4. The monoisotopic (exact) mass is 560 g/mol. The molecule has 0 bridgehead atoms. The summed E-state index contributed by atoms with van der Waals surface area (Å²) in [7, 11) is 0. The first-order valence-electron chi connectivity index (χ1n) is 10.6. The number of thiophene rings is 2. The predicted molar refractivity (Wildman–Crippen MR) is 133 cm³/mol. The largest absolute Gasteiger partial charge is 0.293 e. The molecule has 0 saturated carbocycles. The van der Waals surface area contributed by atoms with E-state index in [2.05, 4.69) is 45.7 Å². The molecule has 2 rings (SSSR count). The standard InChI is InChI=1S/C23H30Br2O2S2/c1-3-5-7-9-11-16-13-20(28-22(16)24)18(26)15-19(27)21-14-17(23(25)29-21)12-10-8-6-4-2/h13-14H,3-12,15H2,1-2H3. The SMILES string of the molecule is CCCCCCc1cc(C(=O)CC(=O)c2cc(CCCCCC)c(Br)s2)sc1Br. The summed E-state index contributed by atoms with van der Waals surface area (Å²) < 4.78 is 2.05. The third-order valence-electron chi connectivity index (χ3n) is 4.98. The number of unbranched alkanes of at least 4 members (excludes halogenated alkanes) is 6. The Balaban J connectivity index is 1.92. The summed E-state index contributed by atoms with van der Waals surface area (Å²) in [4.78, 5) is 26.7. The van der Waals surface area contributed by atoms with E-state index in [1.807, 2.05) is 12.1 Å². The van der Waals surface area contributed by atoms with Crippen molar-refractivity contribution < 1.29 is 9.59 Å². The number of hydrogen-bond donors (Lipinski definition) is 0. The van der Waals surface area contributed by atoms with Crippen LogP contribution < -0.4 is 0 Å². The zero-order valence-electron chi connectivity index (χ0n) is 17.3. The molecule has 0 N–H and O–H groups in total. The van der Waals surface area contributed by atoms with Crippen LogP contribution in [0.4, 0.5) is 0 Å². The number of aryl methyl sites for hydroxylation is 2. The van der Waals surface area contributed by atoms with Gasteiger partial charge in [0.25, 0.3) is 0 Å². The lowest BCUT2D eigenvalue weighted by atomic mass is 10.1. The normalized spacial score (nSPS) is 11.2. The van der Waals surface area contributed by atoms with Gasteiger partial charge in [-0.3, -0.25) is 9.59 Å². The average molecular weight is 562 g/mol. The van der Waals surface area contributed by atoms with Crippen molar-refractivity contribution in [3.05, 3.63) is 40.6 Å². The molecule has 2 aromatic rings. The van der Waals surface area contributed by atoms with E-state index in [4.69, 9.17) is 0 Å². The molecule has 0 aliphatic heterocycles. The Morgan fingerprint density at radius 3 is 1.52 bits per heavy atom. The maximum atomic E-state index is 12.7. The average Bonchev–Trinajstić information content (AvgIpc) is 3.25. The van der Waals surface area contributed by atoms with E-state index in [0.717, 1.165) is 33.3 Å². The van der Waals surface area contributed by atoms with Gasteiger partial charge in [0.05, 0.1) is 23.7 Å². The van der Waals surface area contributed by atoms with Crippen molar-refractivity contribution in [2.75, 3.05) is 0 Å². The Bertz CT molecular complexity index is 742. The van der Waals surface area contributed by atoms with Crippen LogP contribution >= 0.6 is 54.5 Å². The van der Waals surface area contributed by atoms with Crippen LogP contribution in [0, 0.1) is 0 Å². The van der Waals surface area contributed by atoms with Crippen molar-refractivity contribution in [1.82, 2.24) is 0 Å². The number of carbonyl (C=O) groups is 2. The Morgan fingerprint density at radius 1 is 0.724 bits per heavy atom. The van der Waals surface area contributed by atoms with E-state index in [0.29, 0.717) is 9.75 Å². The molecule has 6 heteroatoms. The van der Waals surface area contributed by atoms with Gasteiger partial charge in [-0.25, -0.2) is 0 Å². The van der Waals surface area contributed by atoms with Crippen LogP contribution in [-0.2, 0) is 12.8 Å². The zero-order valence-corrected chi connectivity index (χ0v) is 22.1. The molecule has 0 aromatic carbocycles. The van der Waals surface area contributed by atoms with Crippen molar-refractivity contribution in [3.63, 3.8) is 0 Å². The van der Waals surface area contributed by atoms with Crippen LogP contribution in [0.15, 0.2) is 19.7 Å². The van der Waals surface area contributed by atoms with E-state index in [9.17, 15) is 9.59 Å². The minimum absolute atomic E-state index is 0.0511. The van der Waals surface area contributed by atoms with Gasteiger partial charge in [-0.2, -0.15) is 0 Å². The van der Waals surface area contributed by atoms with Gasteiger partial charge >= 0.3 is 0 Å². The fraction of sp³-hybridized carbons (Fsp3) is 0.565. The summed E-state index contributed by atoms with van der Waals surface area (Å²) in [6, 6.07) is 3.94. The van der Waals surface area contributed by atoms with Crippen molar-refractivity contribution in [3.8, 4) is 0 Å². The van der Waals surface area contributed by atoms with E-state index in [1.165, 1.54) is 72.3 Å². The molecule has 0 fully saturated rings. The van der Waals surface area contributed by atoms with E-state index < -0.39 is 0 Å². The van der Waals surface area contributed by atoms with E-state index >= 15 is 0 Å². The summed E-state index contributed by atoms with van der Waals surface area (Å²) >= 11 is 10.1. The smallest absolute Gasteiger partial charge is 0.180 e. The Labute approximate surface area is 199 Å². The molecule has 0 aliphatic carbocycles. The number of rotatable bonds is 14. The maximum absolute atomic E-state index is 12.7. The second-order valence-corrected chi connectivity index (χ2v) is 12.2. The van der Waals surface area contributed by atoms with Gasteiger partial charge in [-0.05, 0) is 80.8 Å². The van der Waals surface area contributed by atoms with Gasteiger partial charge < -0.3 is 0 Å². The van der Waals surface area contributed by atoms with Gasteiger partial charge in [0.1, 0.15) is 0 Å². The van der Waals surface area contributed by atoms with Gasteiger partial charge in [0, 0.05) is 0 Å². The predicted octanol–water partition coefficient (Wildman–Crippen LogP) is 9.04. The maximum Gasteiger partial charge on any atom is 0.180 e. The van der Waals surface area contributed by atoms with Gasteiger partial charge in [-0.15, -0.1) is 22.7 Å². The summed E-state index contributed by atoms with van der Waals surface area (Å²) in [6.07, 6.45) is 11.6. The highest BCUT2D eigenvalue weighted by Gasteiger charge is 2.20. The second kappa shape index (κ2) is 13.2. The topological polar surface area (TPSA) is 34.1 Å². The lowest BCUT2D eigenvalue weighted by Gasteiger charge is -1.99. The first-order chi connectivity index (χ1) is 14.0. The minimum atomic E-state index is -0.0745. The molecule has 2 heterocycles. The van der Waals surface area contributed by atoms with Crippen LogP contribution in [0.3, 0.4) is 0 Å². The van der Waals surface area contributed by atoms with E-state index in [-0.39, 0.29) is 18.0 Å². The minimum Gasteiger partial charge on any atom is -0.293 e. The highest BCUT2D eigenvalue weighted by Crippen LogP contribution is 2.33. The third kappa shape index (κ3) is 8.04. The van der Waals surface area contributed by atoms with Gasteiger partial charge in [-0.1, -0.05) is 52.4 Å². The molecule has 0 saturated heterocycles. The summed E-state index contributed by atoms with van der Waals surface area (Å²) in [5.74, 6) is -0.149. The molecule has 2 nitrogen and oxygen atoms in total. The molecule has 29 heavy (non-hydrogen) atoms. The third-order valence-corrected chi connectivity index (χ3v) is 8.99. The number of ketones is 2. The van der Waals surface area contributed by atoms with Crippen LogP contribution in [0.25, 0.3) is 0 Å². The molecule has 0 aliphatic rings. The quantitative estimate of drug-likeness (QED) is 0.131. The summed E-state index contributed by atoms with van der Waals surface area (Å²) in [5, 5.41) is 0. The fourth-order valence-corrected chi connectivity index (χ4v) is 6.65. The first kappa shape index (κ1) is 25.0. The van der Waals surface area contributed by atoms with Gasteiger partial charge in [0.15, 0.2) is 11.6 Å². The Morgan fingerprint density at radius 2 is 1.14 bits per heavy atom. The lowest BCUT2D eigenvalue weighted by molar-refractivity contribution is 0.0898. The van der Waals surface area contributed by atoms with Crippen molar-refractivity contribution >= 4 is 66.1 Å². The Hall–Kier alpha value is -0.300. The highest BCUT2D eigenvalue weighted by atomic mass is 79.9. The van der Waals surface area contributed by atoms with Crippen molar-refractivity contribution in [1.29, 1.82) is 0 Å². The fourth-order valence-electron chi connectivity index (χ4n) is 3.23. The van der Waals surface area contributed by atoms with Gasteiger partial charge in [0.2, 0.25) is 0 Å². The molecule has 0 atom stereocenters. The van der Waals surface area contributed by atoms with E-state index in [1.54, 1.807) is 0 Å². The molecule has 0 radical (unpaired) electrons.